The van der Waals surface area contributed by atoms with Gasteiger partial charge in [-0.3, -0.25) is 9.59 Å². The normalized spacial score (nSPS) is 18.7. The molecule has 2 N–H and O–H groups in total. The van der Waals surface area contributed by atoms with Gasteiger partial charge in [0.05, 0.1) is 0 Å². The molecule has 0 atom stereocenters. The Kier molecular flexibility index (Phi) is 10.1. The van der Waals surface area contributed by atoms with Gasteiger partial charge in [0, 0.05) is 46.2 Å². The summed E-state index contributed by atoms with van der Waals surface area (Å²) >= 11 is 0. The molecular formula is C17H32IN5O2. The van der Waals surface area contributed by atoms with Crippen LogP contribution in [0.1, 0.15) is 39.0 Å². The van der Waals surface area contributed by atoms with Gasteiger partial charge in [-0.15, -0.1) is 24.0 Å². The second-order valence-electron chi connectivity index (χ2n) is 6.57. The molecule has 7 nitrogen and oxygen atoms in total. The number of nitrogens with one attached hydrogen (secondary N) is 2. The molecule has 0 spiro atoms. The maximum Gasteiger partial charge on any atom is 0.244 e. The first kappa shape index (κ1) is 22.0. The molecule has 0 radical (unpaired) electrons. The summed E-state index contributed by atoms with van der Waals surface area (Å²) in [5.74, 6) is 1.50. The molecular weight excluding hydrogens is 433 g/mol. The summed E-state index contributed by atoms with van der Waals surface area (Å²) in [6.45, 7) is 6.55. The smallest absolute Gasteiger partial charge is 0.244 e. The summed E-state index contributed by atoms with van der Waals surface area (Å²) in [7, 11) is 1.69. The molecule has 8 heteroatoms. The van der Waals surface area contributed by atoms with E-state index in [2.05, 4.69) is 20.5 Å². The molecule has 0 unspecified atom stereocenters. The number of hydrogen-bond donors (Lipinski definition) is 2. The topological polar surface area (TPSA) is 77.0 Å². The van der Waals surface area contributed by atoms with Crippen molar-refractivity contribution in [2.75, 3.05) is 46.3 Å². The summed E-state index contributed by atoms with van der Waals surface area (Å²) < 4.78 is 0. The van der Waals surface area contributed by atoms with Crippen molar-refractivity contribution in [2.45, 2.75) is 39.0 Å². The lowest BCUT2D eigenvalue weighted by molar-refractivity contribution is -0.128. The highest BCUT2D eigenvalue weighted by Crippen LogP contribution is 2.20. The summed E-state index contributed by atoms with van der Waals surface area (Å²) in [5.41, 5.74) is 0. The predicted molar refractivity (Wildman–Crippen MR) is 110 cm³/mol. The first-order chi connectivity index (χ1) is 11.6. The van der Waals surface area contributed by atoms with Crippen molar-refractivity contribution in [1.82, 2.24) is 20.4 Å². The number of aliphatic imine (C=N–C) groups is 1. The van der Waals surface area contributed by atoms with Crippen molar-refractivity contribution in [2.24, 2.45) is 10.9 Å². The van der Waals surface area contributed by atoms with E-state index in [9.17, 15) is 9.59 Å². The first-order valence-electron chi connectivity index (χ1n) is 9.15. The van der Waals surface area contributed by atoms with Crippen molar-refractivity contribution in [3.05, 3.63) is 0 Å². The van der Waals surface area contributed by atoms with Crippen LogP contribution in [0.4, 0.5) is 0 Å². The molecule has 2 fully saturated rings. The van der Waals surface area contributed by atoms with Crippen LogP contribution in [-0.2, 0) is 9.59 Å². The molecule has 2 amide bonds. The lowest BCUT2D eigenvalue weighted by atomic mass is 9.93. The van der Waals surface area contributed by atoms with Gasteiger partial charge in [-0.05, 0) is 38.5 Å². The first-order valence-corrected chi connectivity index (χ1v) is 9.15. The van der Waals surface area contributed by atoms with E-state index in [1.807, 2.05) is 11.8 Å². The molecule has 0 aliphatic carbocycles. The number of carbonyl (C=O) groups is 2. The lowest BCUT2D eigenvalue weighted by Gasteiger charge is -2.34. The fourth-order valence-corrected chi connectivity index (χ4v) is 3.35. The number of carbonyl (C=O) groups excluding carboxylic acids is 2. The van der Waals surface area contributed by atoms with Gasteiger partial charge in [0.15, 0.2) is 5.96 Å². The minimum Gasteiger partial charge on any atom is -0.359 e. The predicted octanol–water partition coefficient (Wildman–Crippen LogP) is 1.04. The Morgan fingerprint density at radius 3 is 2.28 bits per heavy atom. The third-order valence-electron chi connectivity index (χ3n) is 4.82. The number of hydrogen-bond acceptors (Lipinski definition) is 3. The Hall–Kier alpha value is -1.06. The van der Waals surface area contributed by atoms with Crippen LogP contribution in [0.25, 0.3) is 0 Å². The van der Waals surface area contributed by atoms with E-state index in [0.717, 1.165) is 64.4 Å². The Morgan fingerprint density at radius 2 is 1.72 bits per heavy atom. The number of guanidine groups is 1. The molecule has 0 aromatic carbocycles. The van der Waals surface area contributed by atoms with Crippen molar-refractivity contribution < 1.29 is 9.59 Å². The summed E-state index contributed by atoms with van der Waals surface area (Å²) in [5, 5.41) is 5.99. The Morgan fingerprint density at radius 1 is 1.08 bits per heavy atom. The van der Waals surface area contributed by atoms with Gasteiger partial charge < -0.3 is 20.4 Å². The van der Waals surface area contributed by atoms with Crippen molar-refractivity contribution in [3.8, 4) is 0 Å². The minimum atomic E-state index is 0. The van der Waals surface area contributed by atoms with E-state index in [1.54, 1.807) is 7.05 Å². The summed E-state index contributed by atoms with van der Waals surface area (Å²) in [4.78, 5) is 32.3. The largest absolute Gasteiger partial charge is 0.359 e. The van der Waals surface area contributed by atoms with E-state index in [4.69, 9.17) is 0 Å². The number of likely N-dealkylation sites (tertiary alicyclic amines) is 2. The number of halogens is 1. The van der Waals surface area contributed by atoms with E-state index < -0.39 is 0 Å². The van der Waals surface area contributed by atoms with Gasteiger partial charge >= 0.3 is 0 Å². The number of rotatable bonds is 5. The van der Waals surface area contributed by atoms with E-state index >= 15 is 0 Å². The van der Waals surface area contributed by atoms with Crippen LogP contribution in [0.2, 0.25) is 0 Å². The molecule has 2 aliphatic rings. The maximum atomic E-state index is 12.2. The van der Waals surface area contributed by atoms with Crippen LogP contribution in [0, 0.1) is 5.92 Å². The maximum absolute atomic E-state index is 12.2. The molecule has 2 rings (SSSR count). The van der Waals surface area contributed by atoms with Gasteiger partial charge in [0.1, 0.15) is 6.54 Å². The van der Waals surface area contributed by atoms with Crippen LogP contribution in [0.15, 0.2) is 4.99 Å². The van der Waals surface area contributed by atoms with Gasteiger partial charge in [-0.25, -0.2) is 4.99 Å². The molecule has 0 bridgehead atoms. The number of piperidine rings is 1. The highest BCUT2D eigenvalue weighted by molar-refractivity contribution is 14.0. The highest BCUT2D eigenvalue weighted by atomic mass is 127. The molecule has 0 aromatic rings. The Balaban J connectivity index is 0.00000312. The van der Waals surface area contributed by atoms with E-state index in [-0.39, 0.29) is 42.3 Å². The molecule has 0 saturated carbocycles. The van der Waals surface area contributed by atoms with Gasteiger partial charge in [0.2, 0.25) is 11.8 Å². The zero-order valence-corrected chi connectivity index (χ0v) is 17.8. The van der Waals surface area contributed by atoms with Crippen LogP contribution >= 0.6 is 24.0 Å². The van der Waals surface area contributed by atoms with Crippen molar-refractivity contribution in [3.63, 3.8) is 0 Å². The second kappa shape index (κ2) is 11.5. The van der Waals surface area contributed by atoms with Crippen LogP contribution < -0.4 is 10.6 Å². The van der Waals surface area contributed by atoms with E-state index in [1.165, 1.54) is 0 Å². The Labute approximate surface area is 168 Å². The molecule has 2 aliphatic heterocycles. The SMILES string of the molecule is CCNC(=NCC(=O)N1CCCC1)N1CCC(CC(=O)NC)CC1.I. The van der Waals surface area contributed by atoms with Crippen molar-refractivity contribution in [1.29, 1.82) is 0 Å². The number of nitrogens with zero attached hydrogens (tertiary/aromatic N) is 3. The second-order valence-corrected chi connectivity index (χ2v) is 6.57. The van der Waals surface area contributed by atoms with Gasteiger partial charge in [0.25, 0.3) is 0 Å². The highest BCUT2D eigenvalue weighted by Gasteiger charge is 2.23. The average Bonchev–Trinajstić information content (AvgIpc) is 3.13. The summed E-state index contributed by atoms with van der Waals surface area (Å²) in [6, 6.07) is 0. The molecule has 144 valence electrons. The molecule has 0 aromatic heterocycles. The third-order valence-corrected chi connectivity index (χ3v) is 4.82. The monoisotopic (exact) mass is 465 g/mol. The average molecular weight is 465 g/mol. The quantitative estimate of drug-likeness (QED) is 0.362. The van der Waals surface area contributed by atoms with E-state index in [0.29, 0.717) is 12.3 Å². The van der Waals surface area contributed by atoms with Crippen LogP contribution in [-0.4, -0.2) is 73.9 Å². The molecule has 25 heavy (non-hydrogen) atoms. The molecule has 2 heterocycles. The third kappa shape index (κ3) is 6.99. The van der Waals surface area contributed by atoms with Gasteiger partial charge in [-0.1, -0.05) is 0 Å². The van der Waals surface area contributed by atoms with Gasteiger partial charge in [-0.2, -0.15) is 0 Å². The zero-order valence-electron chi connectivity index (χ0n) is 15.4. The van der Waals surface area contributed by atoms with Crippen LogP contribution in [0.3, 0.4) is 0 Å². The number of amides is 2. The minimum absolute atomic E-state index is 0. The summed E-state index contributed by atoms with van der Waals surface area (Å²) in [6.07, 6.45) is 4.78. The van der Waals surface area contributed by atoms with Crippen molar-refractivity contribution >= 4 is 41.8 Å². The fourth-order valence-electron chi connectivity index (χ4n) is 3.35. The van der Waals surface area contributed by atoms with Crippen LogP contribution in [0.5, 0.6) is 0 Å². The Bertz CT molecular complexity index is 458. The standard InChI is InChI=1S/C17H31N5O2.HI/c1-3-19-17(20-13-16(24)21-8-4-5-9-21)22-10-6-14(7-11-22)12-15(23)18-2;/h14H,3-13H2,1-2H3,(H,18,23)(H,19,20);1H. The zero-order chi connectivity index (χ0) is 17.4. The molecule has 2 saturated heterocycles. The lowest BCUT2D eigenvalue weighted by Crippen LogP contribution is -2.46. The fraction of sp³-hybridized carbons (Fsp3) is 0.824.